The molecule has 9 heteroatoms. The molecule has 6 nitrogen and oxygen atoms in total. The van der Waals surface area contributed by atoms with Gasteiger partial charge < -0.3 is 4.90 Å². The number of rotatable bonds is 3. The minimum absolute atomic E-state index is 0.0658. The SMILES string of the molecule is O=C(Cn1cccn1)N1CCc2[nH]nc(-c3ccc(C(F)(F)F)cc3)c2C1. The third kappa shape index (κ3) is 3.44. The number of nitrogens with one attached hydrogen (secondary N) is 1. The number of fused-ring (bicyclic) bond motifs is 1. The highest BCUT2D eigenvalue weighted by Gasteiger charge is 2.31. The minimum Gasteiger partial charge on any atom is -0.336 e. The lowest BCUT2D eigenvalue weighted by atomic mass is 10.00. The number of aromatic nitrogens is 4. The fourth-order valence-electron chi connectivity index (χ4n) is 3.20. The third-order valence-corrected chi connectivity index (χ3v) is 4.63. The highest BCUT2D eigenvalue weighted by atomic mass is 19.4. The minimum atomic E-state index is -4.38. The summed E-state index contributed by atoms with van der Waals surface area (Å²) < 4.78 is 39.8. The number of halogens is 3. The van der Waals surface area contributed by atoms with Gasteiger partial charge in [-0.2, -0.15) is 23.4 Å². The van der Waals surface area contributed by atoms with Gasteiger partial charge in [0.05, 0.1) is 11.3 Å². The van der Waals surface area contributed by atoms with E-state index in [1.54, 1.807) is 28.0 Å². The first-order valence-electron chi connectivity index (χ1n) is 8.41. The van der Waals surface area contributed by atoms with Crippen LogP contribution in [0.2, 0.25) is 0 Å². The maximum atomic E-state index is 12.8. The van der Waals surface area contributed by atoms with E-state index in [2.05, 4.69) is 15.3 Å². The fraction of sp³-hybridized carbons (Fsp3) is 0.278. The van der Waals surface area contributed by atoms with Gasteiger partial charge in [-0.15, -0.1) is 0 Å². The summed E-state index contributed by atoms with van der Waals surface area (Å²) in [6, 6.07) is 6.65. The Bertz CT molecular complexity index is 945. The van der Waals surface area contributed by atoms with E-state index in [1.165, 1.54) is 12.1 Å². The van der Waals surface area contributed by atoms with Gasteiger partial charge in [0.2, 0.25) is 5.91 Å². The van der Waals surface area contributed by atoms with E-state index in [0.29, 0.717) is 30.8 Å². The van der Waals surface area contributed by atoms with Crippen LogP contribution < -0.4 is 0 Å². The molecule has 0 unspecified atom stereocenters. The summed E-state index contributed by atoms with van der Waals surface area (Å²) in [6.45, 7) is 1.07. The first-order chi connectivity index (χ1) is 12.9. The van der Waals surface area contributed by atoms with E-state index in [1.807, 2.05) is 0 Å². The Morgan fingerprint density at radius 2 is 2.00 bits per heavy atom. The number of hydrogen-bond acceptors (Lipinski definition) is 3. The predicted molar refractivity (Wildman–Crippen MR) is 90.4 cm³/mol. The molecular weight excluding hydrogens is 359 g/mol. The van der Waals surface area contributed by atoms with Crippen LogP contribution in [0.3, 0.4) is 0 Å². The molecule has 1 aliphatic heterocycles. The van der Waals surface area contributed by atoms with Crippen molar-refractivity contribution in [1.29, 1.82) is 0 Å². The van der Waals surface area contributed by atoms with E-state index >= 15 is 0 Å². The highest BCUT2D eigenvalue weighted by Crippen LogP contribution is 2.33. The molecule has 4 rings (SSSR count). The van der Waals surface area contributed by atoms with Crippen LogP contribution in [0.1, 0.15) is 16.8 Å². The molecule has 1 N–H and O–H groups in total. The van der Waals surface area contributed by atoms with Crippen molar-refractivity contribution in [2.75, 3.05) is 6.54 Å². The van der Waals surface area contributed by atoms with E-state index in [0.717, 1.165) is 23.4 Å². The standard InChI is InChI=1S/C18H16F3N5O/c19-18(20,21)13-4-2-12(3-5-13)17-14-10-25(9-6-15(14)23-24-17)16(27)11-26-8-1-7-22-26/h1-5,7-8H,6,9-11H2,(H,23,24). The summed E-state index contributed by atoms with van der Waals surface area (Å²) >= 11 is 0. The lowest BCUT2D eigenvalue weighted by molar-refractivity contribution is -0.137. The van der Waals surface area contributed by atoms with E-state index in [-0.39, 0.29) is 12.5 Å². The van der Waals surface area contributed by atoms with Crippen LogP contribution >= 0.6 is 0 Å². The number of benzene rings is 1. The number of carbonyl (C=O) groups excluding carboxylic acids is 1. The summed E-state index contributed by atoms with van der Waals surface area (Å²) in [7, 11) is 0. The Morgan fingerprint density at radius 3 is 2.67 bits per heavy atom. The molecule has 0 aliphatic carbocycles. The van der Waals surface area contributed by atoms with E-state index in [4.69, 9.17) is 0 Å². The van der Waals surface area contributed by atoms with E-state index in [9.17, 15) is 18.0 Å². The Hall–Kier alpha value is -3.10. The molecule has 3 aromatic rings. The largest absolute Gasteiger partial charge is 0.416 e. The van der Waals surface area contributed by atoms with Gasteiger partial charge in [-0.1, -0.05) is 12.1 Å². The number of nitrogens with zero attached hydrogens (tertiary/aromatic N) is 4. The lowest BCUT2D eigenvalue weighted by Gasteiger charge is -2.27. The average molecular weight is 375 g/mol. The van der Waals surface area contributed by atoms with Gasteiger partial charge in [-0.05, 0) is 18.2 Å². The molecule has 1 aliphatic rings. The maximum Gasteiger partial charge on any atom is 0.416 e. The molecule has 2 aromatic heterocycles. The lowest BCUT2D eigenvalue weighted by Crippen LogP contribution is -2.38. The van der Waals surface area contributed by atoms with Gasteiger partial charge in [0.25, 0.3) is 0 Å². The van der Waals surface area contributed by atoms with Crippen molar-refractivity contribution in [2.24, 2.45) is 0 Å². The zero-order chi connectivity index (χ0) is 19.0. The van der Waals surface area contributed by atoms with Crippen LogP contribution in [0, 0.1) is 0 Å². The van der Waals surface area contributed by atoms with Gasteiger partial charge in [0.15, 0.2) is 0 Å². The van der Waals surface area contributed by atoms with Crippen molar-refractivity contribution in [2.45, 2.75) is 25.7 Å². The summed E-state index contributed by atoms with van der Waals surface area (Å²) in [6.07, 6.45) is -0.424. The molecular formula is C18H16F3N5O. The summed E-state index contributed by atoms with van der Waals surface area (Å²) in [5.41, 5.74) is 2.21. The molecule has 1 amide bonds. The second kappa shape index (κ2) is 6.57. The van der Waals surface area contributed by atoms with Gasteiger partial charge >= 0.3 is 6.18 Å². The molecule has 140 valence electrons. The molecule has 0 saturated heterocycles. The van der Waals surface area contributed by atoms with Crippen LogP contribution in [0.25, 0.3) is 11.3 Å². The Kier molecular flexibility index (Phi) is 4.21. The summed E-state index contributed by atoms with van der Waals surface area (Å²) in [5.74, 6) is -0.0658. The zero-order valence-electron chi connectivity index (χ0n) is 14.2. The number of hydrogen-bond donors (Lipinski definition) is 1. The Morgan fingerprint density at radius 1 is 1.22 bits per heavy atom. The van der Waals surface area contributed by atoms with Crippen LogP contribution in [0.5, 0.6) is 0 Å². The van der Waals surface area contributed by atoms with Crippen molar-refractivity contribution in [1.82, 2.24) is 24.9 Å². The van der Waals surface area contributed by atoms with Crippen molar-refractivity contribution < 1.29 is 18.0 Å². The van der Waals surface area contributed by atoms with Gasteiger partial charge in [0.1, 0.15) is 6.54 Å². The molecule has 0 spiro atoms. The highest BCUT2D eigenvalue weighted by molar-refractivity contribution is 5.77. The second-order valence-corrected chi connectivity index (χ2v) is 6.37. The van der Waals surface area contributed by atoms with Crippen molar-refractivity contribution in [3.05, 3.63) is 59.5 Å². The summed E-state index contributed by atoms with van der Waals surface area (Å²) in [4.78, 5) is 14.2. The molecule has 0 saturated carbocycles. The fourth-order valence-corrected chi connectivity index (χ4v) is 3.20. The molecule has 0 radical (unpaired) electrons. The number of H-pyrrole nitrogens is 1. The molecule has 1 aromatic carbocycles. The van der Waals surface area contributed by atoms with Gasteiger partial charge in [-0.25, -0.2) is 0 Å². The molecule has 0 bridgehead atoms. The number of alkyl halides is 3. The molecule has 27 heavy (non-hydrogen) atoms. The zero-order valence-corrected chi connectivity index (χ0v) is 14.2. The van der Waals surface area contributed by atoms with Crippen LogP contribution in [-0.2, 0) is 30.5 Å². The second-order valence-electron chi connectivity index (χ2n) is 6.37. The topological polar surface area (TPSA) is 66.8 Å². The smallest absolute Gasteiger partial charge is 0.336 e. The van der Waals surface area contributed by atoms with Crippen molar-refractivity contribution in [3.63, 3.8) is 0 Å². The van der Waals surface area contributed by atoms with Gasteiger partial charge in [0, 0.05) is 48.7 Å². The van der Waals surface area contributed by atoms with Crippen LogP contribution in [0.15, 0.2) is 42.7 Å². The van der Waals surface area contributed by atoms with Crippen LogP contribution in [-0.4, -0.2) is 37.3 Å². The first kappa shape index (κ1) is 17.3. The normalized spacial score (nSPS) is 14.3. The van der Waals surface area contributed by atoms with E-state index < -0.39 is 11.7 Å². The van der Waals surface area contributed by atoms with Crippen molar-refractivity contribution >= 4 is 5.91 Å². The molecule has 0 atom stereocenters. The van der Waals surface area contributed by atoms with Gasteiger partial charge in [-0.3, -0.25) is 14.6 Å². The maximum absolute atomic E-state index is 12.8. The third-order valence-electron chi connectivity index (χ3n) is 4.63. The molecule has 0 fully saturated rings. The Balaban J connectivity index is 1.55. The number of amides is 1. The quantitative estimate of drug-likeness (QED) is 0.766. The predicted octanol–water partition coefficient (Wildman–Crippen LogP) is 2.88. The average Bonchev–Trinajstić information content (AvgIpc) is 3.30. The monoisotopic (exact) mass is 375 g/mol. The van der Waals surface area contributed by atoms with Crippen molar-refractivity contribution in [3.8, 4) is 11.3 Å². The number of carbonyl (C=O) groups is 1. The Labute approximate surface area is 152 Å². The van der Waals surface area contributed by atoms with Crippen LogP contribution in [0.4, 0.5) is 13.2 Å². The molecule has 3 heterocycles. The number of aromatic amines is 1. The summed E-state index contributed by atoms with van der Waals surface area (Å²) in [5, 5.41) is 11.3. The first-order valence-corrected chi connectivity index (χ1v) is 8.41.